The Labute approximate surface area is 270 Å². The van der Waals surface area contributed by atoms with E-state index in [1.54, 1.807) is 6.92 Å². The van der Waals surface area contributed by atoms with Gasteiger partial charge in [-0.15, -0.1) is 0 Å². The molecule has 0 amide bonds. The van der Waals surface area contributed by atoms with Crippen molar-refractivity contribution in [3.05, 3.63) is 119 Å². The molecule has 0 radical (unpaired) electrons. The largest absolute Gasteiger partial charge is 0.468 e. The SMILES string of the molecule is COC(=O)C1(C(=O)OC)C/C(=C(/CCC(C)=O)c2ccccc2)c2c(oc(-c3ccccc3)c2[C@H](OC(C)C)c2ccccc2)C1. The zero-order chi connectivity index (χ0) is 32.8. The molecule has 5 rings (SSSR count). The molecule has 7 nitrogen and oxygen atoms in total. The zero-order valence-electron chi connectivity index (χ0n) is 27.0. The van der Waals surface area contributed by atoms with Crippen LogP contribution < -0.4 is 0 Å². The second kappa shape index (κ2) is 14.1. The van der Waals surface area contributed by atoms with Crippen LogP contribution in [0.3, 0.4) is 0 Å². The Balaban J connectivity index is 1.94. The van der Waals surface area contributed by atoms with Crippen LogP contribution in [0.2, 0.25) is 0 Å². The van der Waals surface area contributed by atoms with Gasteiger partial charge in [0.1, 0.15) is 23.4 Å². The zero-order valence-corrected chi connectivity index (χ0v) is 27.0. The Bertz CT molecular complexity index is 1700. The van der Waals surface area contributed by atoms with E-state index in [0.29, 0.717) is 17.9 Å². The molecule has 0 fully saturated rings. The minimum Gasteiger partial charge on any atom is -0.468 e. The normalized spacial score (nSPS) is 15.5. The number of hydrogen-bond donors (Lipinski definition) is 0. The first kappa shape index (κ1) is 32.6. The molecule has 1 aliphatic rings. The van der Waals surface area contributed by atoms with Gasteiger partial charge in [-0.2, -0.15) is 0 Å². The number of benzene rings is 3. The maximum absolute atomic E-state index is 13.7. The van der Waals surface area contributed by atoms with Gasteiger partial charge in [0.2, 0.25) is 0 Å². The van der Waals surface area contributed by atoms with Crippen LogP contribution in [0.15, 0.2) is 95.4 Å². The number of hydrogen-bond acceptors (Lipinski definition) is 7. The van der Waals surface area contributed by atoms with Crippen LogP contribution in [0.25, 0.3) is 22.5 Å². The van der Waals surface area contributed by atoms with Gasteiger partial charge in [-0.3, -0.25) is 9.59 Å². The minimum absolute atomic E-state index is 0.00850. The Hall–Kier alpha value is -4.75. The predicted molar refractivity (Wildman–Crippen MR) is 177 cm³/mol. The molecule has 0 spiro atoms. The summed E-state index contributed by atoms with van der Waals surface area (Å²) < 4.78 is 24.1. The first-order chi connectivity index (χ1) is 22.2. The monoisotopic (exact) mass is 620 g/mol. The molecule has 7 heteroatoms. The van der Waals surface area contributed by atoms with E-state index in [2.05, 4.69) is 0 Å². The molecule has 4 aromatic rings. The van der Waals surface area contributed by atoms with Crippen molar-refractivity contribution in [1.82, 2.24) is 0 Å². The van der Waals surface area contributed by atoms with Gasteiger partial charge in [-0.05, 0) is 49.5 Å². The summed E-state index contributed by atoms with van der Waals surface area (Å²) in [6.07, 6.45) is -0.109. The third kappa shape index (κ3) is 6.46. The molecule has 0 aliphatic heterocycles. The van der Waals surface area contributed by atoms with E-state index in [0.717, 1.165) is 39.0 Å². The van der Waals surface area contributed by atoms with Gasteiger partial charge in [0.25, 0.3) is 0 Å². The second-order valence-corrected chi connectivity index (χ2v) is 11.9. The number of Topliss-reactive ketones (excluding diaryl/α,β-unsaturated/α-hetero) is 1. The number of ketones is 1. The van der Waals surface area contributed by atoms with Crippen LogP contribution in [-0.4, -0.2) is 38.0 Å². The molecule has 46 heavy (non-hydrogen) atoms. The quantitative estimate of drug-likeness (QED) is 0.124. The van der Waals surface area contributed by atoms with E-state index in [9.17, 15) is 14.4 Å². The van der Waals surface area contributed by atoms with Gasteiger partial charge < -0.3 is 23.4 Å². The molecule has 1 aliphatic carbocycles. The number of allylic oxidation sites excluding steroid dienone is 2. The van der Waals surface area contributed by atoms with Gasteiger partial charge in [0, 0.05) is 36.0 Å². The summed E-state index contributed by atoms with van der Waals surface area (Å²) in [5.41, 5.74) is 4.07. The van der Waals surface area contributed by atoms with E-state index in [-0.39, 0.29) is 31.1 Å². The summed E-state index contributed by atoms with van der Waals surface area (Å²) in [7, 11) is 2.54. The summed E-state index contributed by atoms with van der Waals surface area (Å²) in [6.45, 7) is 5.54. The Morgan fingerprint density at radius 3 is 1.89 bits per heavy atom. The number of rotatable bonds is 11. The third-order valence-electron chi connectivity index (χ3n) is 8.44. The molecule has 0 saturated carbocycles. The van der Waals surface area contributed by atoms with Crippen molar-refractivity contribution < 1.29 is 33.0 Å². The van der Waals surface area contributed by atoms with Crippen LogP contribution >= 0.6 is 0 Å². The van der Waals surface area contributed by atoms with Crippen LogP contribution in [-0.2, 0) is 35.0 Å². The molecule has 1 heterocycles. The Morgan fingerprint density at radius 1 is 0.783 bits per heavy atom. The first-order valence-electron chi connectivity index (χ1n) is 15.6. The predicted octanol–water partition coefficient (Wildman–Crippen LogP) is 8.02. The standard InChI is InChI=1S/C39H40O7/c1-25(2)45-35(28-17-11-7-12-18-28)34-33-31(30(22-21-26(3)40)27-15-9-6-10-16-27)23-39(37(41)43-4,38(42)44-5)24-32(33)46-36(34)29-19-13-8-14-20-29/h6-20,25,35H,21-24H2,1-5H3/b31-30+/t35-/m1/s1. The number of carbonyl (C=O) groups is 3. The lowest BCUT2D eigenvalue weighted by atomic mass is 9.68. The maximum Gasteiger partial charge on any atom is 0.324 e. The fourth-order valence-corrected chi connectivity index (χ4v) is 6.37. The van der Waals surface area contributed by atoms with Crippen molar-refractivity contribution in [2.45, 2.75) is 58.7 Å². The third-order valence-corrected chi connectivity index (χ3v) is 8.44. The van der Waals surface area contributed by atoms with E-state index < -0.39 is 23.5 Å². The summed E-state index contributed by atoms with van der Waals surface area (Å²) in [5, 5.41) is 0. The van der Waals surface area contributed by atoms with E-state index in [1.807, 2.05) is 105 Å². The average Bonchev–Trinajstić information content (AvgIpc) is 3.46. The summed E-state index contributed by atoms with van der Waals surface area (Å²) in [6, 6.07) is 29.4. The Kier molecular flexibility index (Phi) is 10.0. The molecule has 0 N–H and O–H groups in total. The number of ether oxygens (including phenoxy) is 3. The van der Waals surface area contributed by atoms with E-state index >= 15 is 0 Å². The fraction of sp³-hybridized carbons (Fsp3) is 0.308. The molecule has 3 aromatic carbocycles. The van der Waals surface area contributed by atoms with Crippen molar-refractivity contribution in [2.75, 3.05) is 14.2 Å². The molecule has 1 aromatic heterocycles. The highest BCUT2D eigenvalue weighted by Crippen LogP contribution is 2.54. The van der Waals surface area contributed by atoms with Crippen LogP contribution in [0.4, 0.5) is 0 Å². The number of carbonyl (C=O) groups excluding carboxylic acids is 3. The summed E-state index contributed by atoms with van der Waals surface area (Å²) in [5.74, 6) is -0.352. The van der Waals surface area contributed by atoms with Crippen LogP contribution in [0, 0.1) is 5.41 Å². The Morgan fingerprint density at radius 2 is 1.35 bits per heavy atom. The van der Waals surface area contributed by atoms with Gasteiger partial charge in [-0.1, -0.05) is 91.0 Å². The van der Waals surface area contributed by atoms with Crippen molar-refractivity contribution >= 4 is 28.9 Å². The highest BCUT2D eigenvalue weighted by Gasteiger charge is 2.54. The van der Waals surface area contributed by atoms with Gasteiger partial charge in [0.05, 0.1) is 20.3 Å². The van der Waals surface area contributed by atoms with Gasteiger partial charge in [-0.25, -0.2) is 0 Å². The molecule has 0 saturated heterocycles. The van der Waals surface area contributed by atoms with Gasteiger partial charge >= 0.3 is 11.9 Å². The summed E-state index contributed by atoms with van der Waals surface area (Å²) in [4.78, 5) is 39.7. The smallest absolute Gasteiger partial charge is 0.324 e. The van der Waals surface area contributed by atoms with Crippen LogP contribution in [0.5, 0.6) is 0 Å². The molecule has 1 atom stereocenters. The minimum atomic E-state index is -1.70. The number of methoxy groups -OCH3 is 2. The van der Waals surface area contributed by atoms with Crippen molar-refractivity contribution in [3.63, 3.8) is 0 Å². The average molecular weight is 621 g/mol. The molecule has 0 bridgehead atoms. The number of furan rings is 1. The lowest BCUT2D eigenvalue weighted by molar-refractivity contribution is -0.169. The van der Waals surface area contributed by atoms with Crippen molar-refractivity contribution in [3.8, 4) is 11.3 Å². The van der Waals surface area contributed by atoms with Crippen molar-refractivity contribution in [2.24, 2.45) is 5.41 Å². The maximum atomic E-state index is 13.7. The fourth-order valence-electron chi connectivity index (χ4n) is 6.37. The van der Waals surface area contributed by atoms with Crippen LogP contribution in [0.1, 0.15) is 74.2 Å². The first-order valence-corrected chi connectivity index (χ1v) is 15.6. The molecular formula is C39H40O7. The van der Waals surface area contributed by atoms with Gasteiger partial charge in [0.15, 0.2) is 5.41 Å². The summed E-state index contributed by atoms with van der Waals surface area (Å²) >= 11 is 0. The topological polar surface area (TPSA) is 92.0 Å². The van der Waals surface area contributed by atoms with E-state index in [1.165, 1.54) is 14.2 Å². The molecule has 238 valence electrons. The number of fused-ring (bicyclic) bond motifs is 1. The molecular weight excluding hydrogens is 580 g/mol. The highest BCUT2D eigenvalue weighted by atomic mass is 16.5. The number of esters is 2. The lowest BCUT2D eigenvalue weighted by Gasteiger charge is -2.35. The van der Waals surface area contributed by atoms with Crippen molar-refractivity contribution in [1.29, 1.82) is 0 Å². The highest BCUT2D eigenvalue weighted by molar-refractivity contribution is 6.06. The lowest BCUT2D eigenvalue weighted by Crippen LogP contribution is -2.45. The molecule has 0 unspecified atom stereocenters. The van der Waals surface area contributed by atoms with E-state index in [4.69, 9.17) is 18.6 Å². The second-order valence-electron chi connectivity index (χ2n) is 11.9.